The Morgan fingerprint density at radius 2 is 1.96 bits per heavy atom. The van der Waals surface area contributed by atoms with Gasteiger partial charge in [0.25, 0.3) is 0 Å². The molecule has 24 heavy (non-hydrogen) atoms. The minimum Gasteiger partial charge on any atom is -0.325 e. The Labute approximate surface area is 149 Å². The average Bonchev–Trinajstić information content (AvgIpc) is 2.45. The molecule has 0 aromatic heterocycles. The Morgan fingerprint density at radius 1 is 1.33 bits per heavy atom. The summed E-state index contributed by atoms with van der Waals surface area (Å²) in [5.41, 5.74) is 6.34. The molecule has 1 amide bonds. The summed E-state index contributed by atoms with van der Waals surface area (Å²) in [4.78, 5) is 16.8. The van der Waals surface area contributed by atoms with Crippen molar-refractivity contribution in [2.45, 2.75) is 32.4 Å². The maximum Gasteiger partial charge on any atom is 0.241 e. The van der Waals surface area contributed by atoms with E-state index < -0.39 is 0 Å². The van der Waals surface area contributed by atoms with E-state index in [4.69, 9.17) is 5.73 Å². The molecule has 0 spiro atoms. The molecule has 0 saturated carbocycles. The summed E-state index contributed by atoms with van der Waals surface area (Å²) in [7, 11) is 0. The smallest absolute Gasteiger partial charge is 0.241 e. The summed E-state index contributed by atoms with van der Waals surface area (Å²) >= 11 is 0. The molecule has 1 saturated heterocycles. The lowest BCUT2D eigenvalue weighted by atomic mass is 10.1. The fraction of sp³-hybridized carbons (Fsp3) is 0.588. The average molecular weight is 359 g/mol. The van der Waals surface area contributed by atoms with E-state index in [0.717, 1.165) is 32.7 Å². The SMILES string of the molecule is CC(C(=O)Nc1cccc(F)c1)N1CCN(CC(C)(C)N)CC1.Cl. The van der Waals surface area contributed by atoms with Crippen molar-refractivity contribution < 1.29 is 9.18 Å². The Morgan fingerprint density at radius 3 is 2.50 bits per heavy atom. The van der Waals surface area contributed by atoms with Gasteiger partial charge in [0.05, 0.1) is 6.04 Å². The van der Waals surface area contributed by atoms with E-state index in [1.54, 1.807) is 12.1 Å². The molecule has 1 aromatic carbocycles. The lowest BCUT2D eigenvalue weighted by Crippen LogP contribution is -2.56. The molecule has 136 valence electrons. The molecular formula is C17H28ClFN4O. The molecule has 7 heteroatoms. The zero-order valence-electron chi connectivity index (χ0n) is 14.6. The van der Waals surface area contributed by atoms with Crippen molar-refractivity contribution in [3.05, 3.63) is 30.1 Å². The van der Waals surface area contributed by atoms with Crippen molar-refractivity contribution in [3.8, 4) is 0 Å². The van der Waals surface area contributed by atoms with Crippen LogP contribution in [0.5, 0.6) is 0 Å². The first kappa shape index (κ1) is 20.8. The molecule has 1 atom stereocenters. The van der Waals surface area contributed by atoms with Crippen LogP contribution in [0.25, 0.3) is 0 Å². The van der Waals surface area contributed by atoms with Gasteiger partial charge in [0.15, 0.2) is 0 Å². The van der Waals surface area contributed by atoms with Gasteiger partial charge >= 0.3 is 0 Å². The van der Waals surface area contributed by atoms with Gasteiger partial charge < -0.3 is 11.1 Å². The predicted molar refractivity (Wildman–Crippen MR) is 98.0 cm³/mol. The summed E-state index contributed by atoms with van der Waals surface area (Å²) in [5, 5.41) is 2.78. The van der Waals surface area contributed by atoms with Gasteiger partial charge in [-0.25, -0.2) is 4.39 Å². The van der Waals surface area contributed by atoms with Crippen LogP contribution in [0.15, 0.2) is 24.3 Å². The highest BCUT2D eigenvalue weighted by Crippen LogP contribution is 2.13. The van der Waals surface area contributed by atoms with Crippen molar-refractivity contribution in [1.29, 1.82) is 0 Å². The lowest BCUT2D eigenvalue weighted by molar-refractivity contribution is -0.121. The number of carbonyl (C=O) groups is 1. The van der Waals surface area contributed by atoms with Gasteiger partial charge in [0, 0.05) is 44.0 Å². The number of rotatable bonds is 5. The number of hydrogen-bond donors (Lipinski definition) is 2. The number of nitrogens with two attached hydrogens (primary N) is 1. The third-order valence-electron chi connectivity index (χ3n) is 4.06. The first-order valence-electron chi connectivity index (χ1n) is 8.06. The number of halogens is 2. The quantitative estimate of drug-likeness (QED) is 0.844. The minimum atomic E-state index is -0.353. The Kier molecular flexibility index (Phi) is 7.60. The first-order valence-corrected chi connectivity index (χ1v) is 8.06. The van der Waals surface area contributed by atoms with Gasteiger partial charge in [0.2, 0.25) is 5.91 Å². The number of amides is 1. The van der Waals surface area contributed by atoms with Crippen LogP contribution in [-0.4, -0.2) is 60.0 Å². The van der Waals surface area contributed by atoms with Crippen LogP contribution in [-0.2, 0) is 4.79 Å². The van der Waals surface area contributed by atoms with E-state index in [1.165, 1.54) is 12.1 Å². The second kappa shape index (κ2) is 8.76. The number of piperazine rings is 1. The fourth-order valence-corrected chi connectivity index (χ4v) is 2.86. The van der Waals surface area contributed by atoms with Gasteiger partial charge in [-0.1, -0.05) is 6.07 Å². The van der Waals surface area contributed by atoms with E-state index in [1.807, 2.05) is 20.8 Å². The molecule has 3 N–H and O–H groups in total. The molecule has 1 heterocycles. The van der Waals surface area contributed by atoms with Crippen LogP contribution in [0.3, 0.4) is 0 Å². The van der Waals surface area contributed by atoms with Crippen molar-refractivity contribution >= 4 is 24.0 Å². The summed E-state index contributed by atoms with van der Waals surface area (Å²) in [5.74, 6) is -0.461. The van der Waals surface area contributed by atoms with E-state index >= 15 is 0 Å². The van der Waals surface area contributed by atoms with Crippen LogP contribution in [0.2, 0.25) is 0 Å². The van der Waals surface area contributed by atoms with Crippen LogP contribution in [0, 0.1) is 5.82 Å². The summed E-state index contributed by atoms with van der Waals surface area (Å²) in [6.07, 6.45) is 0. The predicted octanol–water partition coefficient (Wildman–Crippen LogP) is 1.93. The fourth-order valence-electron chi connectivity index (χ4n) is 2.86. The molecule has 1 aliphatic rings. The van der Waals surface area contributed by atoms with E-state index in [9.17, 15) is 9.18 Å². The topological polar surface area (TPSA) is 61.6 Å². The molecule has 0 bridgehead atoms. The second-order valence-corrected chi connectivity index (χ2v) is 6.98. The molecule has 0 radical (unpaired) electrons. The number of benzene rings is 1. The molecule has 0 aliphatic carbocycles. The third-order valence-corrected chi connectivity index (χ3v) is 4.06. The van der Waals surface area contributed by atoms with E-state index in [0.29, 0.717) is 5.69 Å². The van der Waals surface area contributed by atoms with Crippen molar-refractivity contribution in [2.75, 3.05) is 38.0 Å². The number of hydrogen-bond acceptors (Lipinski definition) is 4. The van der Waals surface area contributed by atoms with Crippen LogP contribution in [0.4, 0.5) is 10.1 Å². The van der Waals surface area contributed by atoms with Gasteiger partial charge in [-0.3, -0.25) is 14.6 Å². The normalized spacial score (nSPS) is 17.9. The number of nitrogens with one attached hydrogen (secondary N) is 1. The van der Waals surface area contributed by atoms with E-state index in [2.05, 4.69) is 15.1 Å². The second-order valence-electron chi connectivity index (χ2n) is 6.98. The highest BCUT2D eigenvalue weighted by atomic mass is 35.5. The Hall–Kier alpha value is -1.21. The molecule has 1 unspecified atom stereocenters. The summed E-state index contributed by atoms with van der Waals surface area (Å²) in [6, 6.07) is 5.72. The minimum absolute atomic E-state index is 0. The van der Waals surface area contributed by atoms with E-state index in [-0.39, 0.29) is 35.7 Å². The van der Waals surface area contributed by atoms with Crippen molar-refractivity contribution in [1.82, 2.24) is 9.80 Å². The van der Waals surface area contributed by atoms with Crippen molar-refractivity contribution in [3.63, 3.8) is 0 Å². The zero-order chi connectivity index (χ0) is 17.0. The van der Waals surface area contributed by atoms with Gasteiger partial charge in [-0.2, -0.15) is 0 Å². The standard InChI is InChI=1S/C17H27FN4O.ClH/c1-13(16(23)20-15-6-4-5-14(18)11-15)22-9-7-21(8-10-22)12-17(2,3)19;/h4-6,11,13H,7-10,12,19H2,1-3H3,(H,20,23);1H. The molecule has 1 aliphatic heterocycles. The Bertz CT molecular complexity index is 542. The van der Waals surface area contributed by atoms with Crippen molar-refractivity contribution in [2.24, 2.45) is 5.73 Å². The summed E-state index contributed by atoms with van der Waals surface area (Å²) < 4.78 is 13.2. The first-order chi connectivity index (χ1) is 10.7. The van der Waals surface area contributed by atoms with Gasteiger partial charge in [-0.05, 0) is 39.0 Å². The molecule has 5 nitrogen and oxygen atoms in total. The number of anilines is 1. The third kappa shape index (κ3) is 6.36. The molecular weight excluding hydrogens is 331 g/mol. The highest BCUT2D eigenvalue weighted by molar-refractivity contribution is 5.94. The lowest BCUT2D eigenvalue weighted by Gasteiger charge is -2.39. The van der Waals surface area contributed by atoms with Crippen LogP contribution < -0.4 is 11.1 Å². The van der Waals surface area contributed by atoms with Gasteiger partial charge in [-0.15, -0.1) is 12.4 Å². The maximum atomic E-state index is 13.2. The number of carbonyl (C=O) groups excluding carboxylic acids is 1. The molecule has 1 fully saturated rings. The highest BCUT2D eigenvalue weighted by Gasteiger charge is 2.27. The number of nitrogens with zero attached hydrogens (tertiary/aromatic N) is 2. The summed E-state index contributed by atoms with van der Waals surface area (Å²) in [6.45, 7) is 10.2. The van der Waals surface area contributed by atoms with Crippen LogP contribution >= 0.6 is 12.4 Å². The van der Waals surface area contributed by atoms with Crippen LogP contribution in [0.1, 0.15) is 20.8 Å². The van der Waals surface area contributed by atoms with Gasteiger partial charge in [0.1, 0.15) is 5.82 Å². The Balaban J connectivity index is 0.00000288. The molecule has 1 aromatic rings. The largest absolute Gasteiger partial charge is 0.325 e. The monoisotopic (exact) mass is 358 g/mol. The zero-order valence-corrected chi connectivity index (χ0v) is 15.4. The molecule has 2 rings (SSSR count). The maximum absolute atomic E-state index is 13.2.